The molecule has 1 amide bonds. The number of hydrogen-bond donors (Lipinski definition) is 1. The second kappa shape index (κ2) is 7.98. The molecular weight excluding hydrogens is 331 g/mol. The molecule has 5 nitrogen and oxygen atoms in total. The van der Waals surface area contributed by atoms with E-state index in [0.717, 1.165) is 0 Å². The fourth-order valence-corrected chi connectivity index (χ4v) is 3.15. The predicted molar refractivity (Wildman–Crippen MR) is 99.4 cm³/mol. The van der Waals surface area contributed by atoms with E-state index in [1.54, 1.807) is 36.4 Å². The van der Waals surface area contributed by atoms with Gasteiger partial charge in [0, 0.05) is 26.2 Å². The molecule has 0 aliphatic carbocycles. The lowest BCUT2D eigenvalue weighted by molar-refractivity contribution is -0.120. The molecule has 1 atom stereocenters. The third-order valence-electron chi connectivity index (χ3n) is 4.74. The average Bonchev–Trinajstić information content (AvgIpc) is 2.68. The van der Waals surface area contributed by atoms with Crippen LogP contribution < -0.4 is 10.2 Å². The lowest BCUT2D eigenvalue weighted by atomic mass is 10.1. The first-order valence-electron chi connectivity index (χ1n) is 8.63. The Kier molecular flexibility index (Phi) is 5.49. The number of para-hydroxylation sites is 2. The zero-order valence-electron chi connectivity index (χ0n) is 14.7. The average molecular weight is 352 g/mol. The minimum absolute atomic E-state index is 0.146. The number of amides is 1. The van der Waals surface area contributed by atoms with Gasteiger partial charge in [0.2, 0.25) is 5.91 Å². The van der Waals surface area contributed by atoms with Crippen LogP contribution in [0.2, 0.25) is 0 Å². The van der Waals surface area contributed by atoms with Gasteiger partial charge < -0.3 is 10.2 Å². The third-order valence-corrected chi connectivity index (χ3v) is 4.74. The number of nitriles is 1. The molecule has 0 radical (unpaired) electrons. The molecule has 0 bridgehead atoms. The number of carbonyl (C=O) groups excluding carboxylic acids is 1. The monoisotopic (exact) mass is 352 g/mol. The van der Waals surface area contributed by atoms with Crippen molar-refractivity contribution in [3.63, 3.8) is 0 Å². The number of anilines is 2. The molecule has 1 aliphatic rings. The molecule has 0 saturated carbocycles. The Morgan fingerprint density at radius 3 is 2.46 bits per heavy atom. The van der Waals surface area contributed by atoms with Crippen LogP contribution in [0, 0.1) is 17.1 Å². The van der Waals surface area contributed by atoms with E-state index in [4.69, 9.17) is 5.26 Å². The highest BCUT2D eigenvalue weighted by molar-refractivity contribution is 5.95. The van der Waals surface area contributed by atoms with Gasteiger partial charge in [-0.25, -0.2) is 4.39 Å². The van der Waals surface area contributed by atoms with Crippen molar-refractivity contribution in [3.05, 3.63) is 59.9 Å². The van der Waals surface area contributed by atoms with E-state index in [1.807, 2.05) is 17.9 Å². The molecule has 0 aromatic heterocycles. The van der Waals surface area contributed by atoms with Crippen molar-refractivity contribution in [2.24, 2.45) is 0 Å². The van der Waals surface area contributed by atoms with Gasteiger partial charge in [0.05, 0.1) is 23.0 Å². The van der Waals surface area contributed by atoms with Crippen LogP contribution in [0.25, 0.3) is 0 Å². The molecule has 26 heavy (non-hydrogen) atoms. The molecule has 1 saturated heterocycles. The Bertz CT molecular complexity index is 825. The Balaban J connectivity index is 1.60. The fourth-order valence-electron chi connectivity index (χ4n) is 3.15. The van der Waals surface area contributed by atoms with E-state index in [9.17, 15) is 9.18 Å². The van der Waals surface area contributed by atoms with E-state index in [0.29, 0.717) is 43.1 Å². The SMILES string of the molecule is CC(C(=O)Nc1ccccc1C#N)N1CCN(c2ccccc2F)CC1. The van der Waals surface area contributed by atoms with Gasteiger partial charge in [-0.3, -0.25) is 9.69 Å². The van der Waals surface area contributed by atoms with E-state index in [-0.39, 0.29) is 17.8 Å². The van der Waals surface area contributed by atoms with Gasteiger partial charge in [-0.05, 0) is 31.2 Å². The van der Waals surface area contributed by atoms with E-state index >= 15 is 0 Å². The summed E-state index contributed by atoms with van der Waals surface area (Å²) < 4.78 is 13.9. The topological polar surface area (TPSA) is 59.4 Å². The van der Waals surface area contributed by atoms with Crippen molar-refractivity contribution in [1.29, 1.82) is 5.26 Å². The zero-order chi connectivity index (χ0) is 18.5. The van der Waals surface area contributed by atoms with Crippen LogP contribution in [-0.4, -0.2) is 43.0 Å². The lowest BCUT2D eigenvalue weighted by Crippen LogP contribution is -2.53. The molecule has 0 spiro atoms. The Labute approximate surface area is 152 Å². The van der Waals surface area contributed by atoms with E-state index in [1.165, 1.54) is 6.07 Å². The molecule has 6 heteroatoms. The summed E-state index contributed by atoms with van der Waals surface area (Å²) in [6.07, 6.45) is 0. The molecule has 1 heterocycles. The smallest absolute Gasteiger partial charge is 0.241 e. The summed E-state index contributed by atoms with van der Waals surface area (Å²) in [6, 6.07) is 15.4. The second-order valence-corrected chi connectivity index (χ2v) is 6.30. The van der Waals surface area contributed by atoms with Gasteiger partial charge in [-0.15, -0.1) is 0 Å². The number of carbonyl (C=O) groups is 1. The first-order chi connectivity index (χ1) is 12.6. The summed E-state index contributed by atoms with van der Waals surface area (Å²) >= 11 is 0. The van der Waals surface area contributed by atoms with Crippen LogP contribution in [0.1, 0.15) is 12.5 Å². The first kappa shape index (κ1) is 17.9. The molecular formula is C20H21FN4O. The summed E-state index contributed by atoms with van der Waals surface area (Å²) in [7, 11) is 0. The van der Waals surface area contributed by atoms with Gasteiger partial charge in [-0.1, -0.05) is 24.3 Å². The second-order valence-electron chi connectivity index (χ2n) is 6.30. The van der Waals surface area contributed by atoms with Crippen molar-refractivity contribution in [2.45, 2.75) is 13.0 Å². The molecule has 3 rings (SSSR count). The minimum Gasteiger partial charge on any atom is -0.367 e. The first-order valence-corrected chi connectivity index (χ1v) is 8.63. The van der Waals surface area contributed by atoms with Crippen LogP contribution in [0.4, 0.5) is 15.8 Å². The van der Waals surface area contributed by atoms with Gasteiger partial charge in [0.1, 0.15) is 11.9 Å². The number of nitrogens with one attached hydrogen (secondary N) is 1. The lowest BCUT2D eigenvalue weighted by Gasteiger charge is -2.38. The Morgan fingerprint density at radius 2 is 1.77 bits per heavy atom. The van der Waals surface area contributed by atoms with Crippen LogP contribution in [0.3, 0.4) is 0 Å². The largest absolute Gasteiger partial charge is 0.367 e. The zero-order valence-corrected chi connectivity index (χ0v) is 14.7. The van der Waals surface area contributed by atoms with Gasteiger partial charge >= 0.3 is 0 Å². The predicted octanol–water partition coefficient (Wildman–Crippen LogP) is 2.85. The van der Waals surface area contributed by atoms with Crippen LogP contribution in [0.15, 0.2) is 48.5 Å². The highest BCUT2D eigenvalue weighted by Gasteiger charge is 2.26. The van der Waals surface area contributed by atoms with Crippen molar-refractivity contribution >= 4 is 17.3 Å². The summed E-state index contributed by atoms with van der Waals surface area (Å²) in [5.74, 6) is -0.369. The van der Waals surface area contributed by atoms with Crippen LogP contribution >= 0.6 is 0 Å². The Hall–Kier alpha value is -2.91. The van der Waals surface area contributed by atoms with Crippen molar-refractivity contribution in [2.75, 3.05) is 36.4 Å². The summed E-state index contributed by atoms with van der Waals surface area (Å²) in [5, 5.41) is 12.0. The van der Waals surface area contributed by atoms with E-state index < -0.39 is 0 Å². The maximum atomic E-state index is 13.9. The maximum Gasteiger partial charge on any atom is 0.241 e. The summed E-state index contributed by atoms with van der Waals surface area (Å²) in [5.41, 5.74) is 1.57. The number of piperazine rings is 1. The molecule has 1 unspecified atom stereocenters. The Morgan fingerprint density at radius 1 is 1.12 bits per heavy atom. The molecule has 2 aromatic carbocycles. The van der Waals surface area contributed by atoms with E-state index in [2.05, 4.69) is 16.3 Å². The highest BCUT2D eigenvalue weighted by Crippen LogP contribution is 2.21. The molecule has 2 aromatic rings. The molecule has 1 N–H and O–H groups in total. The van der Waals surface area contributed by atoms with Gasteiger partial charge in [-0.2, -0.15) is 5.26 Å². The third kappa shape index (κ3) is 3.84. The fraction of sp³-hybridized carbons (Fsp3) is 0.300. The number of rotatable bonds is 4. The number of halogens is 1. The summed E-state index contributed by atoms with van der Waals surface area (Å²) in [6.45, 7) is 4.51. The van der Waals surface area contributed by atoms with Crippen molar-refractivity contribution < 1.29 is 9.18 Å². The van der Waals surface area contributed by atoms with Crippen LogP contribution in [0.5, 0.6) is 0 Å². The van der Waals surface area contributed by atoms with Crippen LogP contribution in [-0.2, 0) is 4.79 Å². The normalized spacial score (nSPS) is 16.0. The quantitative estimate of drug-likeness (QED) is 0.919. The maximum absolute atomic E-state index is 13.9. The number of benzene rings is 2. The summed E-state index contributed by atoms with van der Waals surface area (Å²) in [4.78, 5) is 16.6. The van der Waals surface area contributed by atoms with Crippen molar-refractivity contribution in [3.8, 4) is 6.07 Å². The van der Waals surface area contributed by atoms with Crippen molar-refractivity contribution in [1.82, 2.24) is 4.90 Å². The van der Waals surface area contributed by atoms with Gasteiger partial charge in [0.25, 0.3) is 0 Å². The number of nitrogens with zero attached hydrogens (tertiary/aromatic N) is 3. The molecule has 1 aliphatic heterocycles. The molecule has 134 valence electrons. The standard InChI is InChI=1S/C20H21FN4O/c1-15(20(26)23-18-8-4-2-6-16(18)14-22)24-10-12-25(13-11-24)19-9-5-3-7-17(19)21/h2-9,15H,10-13H2,1H3,(H,23,26). The van der Waals surface area contributed by atoms with Gasteiger partial charge in [0.15, 0.2) is 0 Å². The molecule has 1 fully saturated rings. The highest BCUT2D eigenvalue weighted by atomic mass is 19.1. The number of hydrogen-bond acceptors (Lipinski definition) is 4. The minimum atomic E-state index is -0.329.